The molecule has 4 rings (SSSR count). The van der Waals surface area contributed by atoms with Gasteiger partial charge in [-0.15, -0.1) is 0 Å². The number of benzene rings is 2. The van der Waals surface area contributed by atoms with Crippen LogP contribution < -0.4 is 10.6 Å². The van der Waals surface area contributed by atoms with Gasteiger partial charge >= 0.3 is 6.09 Å². The van der Waals surface area contributed by atoms with Gasteiger partial charge in [-0.25, -0.2) is 4.79 Å². The molecule has 6 heteroatoms. The van der Waals surface area contributed by atoms with Gasteiger partial charge in [0.05, 0.1) is 18.3 Å². The maximum Gasteiger partial charge on any atom is 0.407 e. The van der Waals surface area contributed by atoms with Crippen molar-refractivity contribution in [3.05, 3.63) is 102 Å². The van der Waals surface area contributed by atoms with E-state index in [1.807, 2.05) is 78.9 Å². The number of amides is 2. The van der Waals surface area contributed by atoms with Crippen molar-refractivity contribution in [1.82, 2.24) is 15.6 Å². The number of carbonyl (C=O) groups is 2. The van der Waals surface area contributed by atoms with Crippen molar-refractivity contribution in [3.8, 4) is 0 Å². The highest BCUT2D eigenvalue weighted by atomic mass is 16.5. The minimum Gasteiger partial charge on any atom is -0.445 e. The third-order valence-electron chi connectivity index (χ3n) is 5.42. The zero-order valence-corrected chi connectivity index (χ0v) is 17.1. The lowest BCUT2D eigenvalue weighted by Gasteiger charge is -2.19. The van der Waals surface area contributed by atoms with E-state index in [1.165, 1.54) is 0 Å². The quantitative estimate of drug-likeness (QED) is 0.583. The van der Waals surface area contributed by atoms with Gasteiger partial charge in [0.25, 0.3) is 0 Å². The Morgan fingerprint density at radius 3 is 2.39 bits per heavy atom. The van der Waals surface area contributed by atoms with Crippen LogP contribution >= 0.6 is 0 Å². The number of pyridine rings is 1. The number of aromatic nitrogens is 1. The molecule has 0 spiro atoms. The molecular formula is C25H25N3O3. The van der Waals surface area contributed by atoms with Gasteiger partial charge in [0, 0.05) is 12.1 Å². The van der Waals surface area contributed by atoms with Gasteiger partial charge in [-0.1, -0.05) is 66.7 Å². The topological polar surface area (TPSA) is 80.3 Å². The summed E-state index contributed by atoms with van der Waals surface area (Å²) in [4.78, 5) is 29.3. The molecule has 0 unspecified atom stereocenters. The number of alkyl carbamates (subject to hydrolysis) is 1. The third-order valence-corrected chi connectivity index (χ3v) is 5.42. The van der Waals surface area contributed by atoms with Crippen molar-refractivity contribution in [1.29, 1.82) is 0 Å². The minimum absolute atomic E-state index is 0.0176. The van der Waals surface area contributed by atoms with E-state index in [1.54, 1.807) is 6.20 Å². The third kappa shape index (κ3) is 5.69. The van der Waals surface area contributed by atoms with Gasteiger partial charge in [0.2, 0.25) is 5.91 Å². The first-order valence-electron chi connectivity index (χ1n) is 10.4. The van der Waals surface area contributed by atoms with E-state index in [-0.39, 0.29) is 30.4 Å². The molecule has 0 saturated heterocycles. The van der Waals surface area contributed by atoms with Crippen LogP contribution in [0.5, 0.6) is 0 Å². The normalized spacial score (nSPS) is 17.9. The van der Waals surface area contributed by atoms with Gasteiger partial charge in [0.15, 0.2) is 0 Å². The molecule has 0 radical (unpaired) electrons. The Labute approximate surface area is 181 Å². The standard InChI is InChI=1S/C25H25N3O3/c29-24(27-16-20-13-7-8-14-26-20)22-15-21(22)23(19-11-5-2-6-12-19)28-25(30)31-17-18-9-3-1-4-10-18/h1-14,21-23H,15-17H2,(H,27,29)(H,28,30)/t21-,22+,23-/m0/s1. The first-order chi connectivity index (χ1) is 15.2. The molecule has 1 heterocycles. The first-order valence-corrected chi connectivity index (χ1v) is 10.4. The smallest absolute Gasteiger partial charge is 0.407 e. The maximum absolute atomic E-state index is 12.6. The number of hydrogen-bond acceptors (Lipinski definition) is 4. The first kappa shape index (κ1) is 20.6. The van der Waals surface area contributed by atoms with Gasteiger partial charge < -0.3 is 15.4 Å². The van der Waals surface area contributed by atoms with E-state index >= 15 is 0 Å². The zero-order valence-electron chi connectivity index (χ0n) is 17.1. The number of rotatable bonds is 8. The SMILES string of the molecule is O=C(N[C@@H](c1ccccc1)[C@H]1C[C@H]1C(=O)NCc1ccccn1)OCc1ccccc1. The molecule has 158 valence electrons. The molecule has 3 atom stereocenters. The van der Waals surface area contributed by atoms with Crippen LogP contribution in [0.3, 0.4) is 0 Å². The second-order valence-corrected chi connectivity index (χ2v) is 7.64. The Morgan fingerprint density at radius 2 is 1.68 bits per heavy atom. The predicted octanol–water partition coefficient (Wildman–Crippen LogP) is 4.00. The van der Waals surface area contributed by atoms with Crippen molar-refractivity contribution >= 4 is 12.0 Å². The Kier molecular flexibility index (Phi) is 6.57. The van der Waals surface area contributed by atoms with Crippen molar-refractivity contribution < 1.29 is 14.3 Å². The number of carbonyl (C=O) groups excluding carboxylic acids is 2. The highest BCUT2D eigenvalue weighted by molar-refractivity contribution is 5.82. The van der Waals surface area contributed by atoms with Gasteiger partial charge in [-0.2, -0.15) is 0 Å². The lowest BCUT2D eigenvalue weighted by molar-refractivity contribution is -0.122. The molecule has 1 aliphatic rings. The number of nitrogens with one attached hydrogen (secondary N) is 2. The summed E-state index contributed by atoms with van der Waals surface area (Å²) in [5.41, 5.74) is 2.70. The lowest BCUT2D eigenvalue weighted by Crippen LogP contribution is -2.32. The summed E-state index contributed by atoms with van der Waals surface area (Å²) < 4.78 is 5.40. The molecule has 2 N–H and O–H groups in total. The van der Waals surface area contributed by atoms with Gasteiger partial charge in [-0.05, 0) is 35.6 Å². The van der Waals surface area contributed by atoms with Crippen molar-refractivity contribution in [2.45, 2.75) is 25.6 Å². The highest BCUT2D eigenvalue weighted by Crippen LogP contribution is 2.47. The Balaban J connectivity index is 1.36. The van der Waals surface area contributed by atoms with Crippen LogP contribution in [-0.2, 0) is 22.7 Å². The molecule has 2 amide bonds. The molecule has 1 aromatic heterocycles. The fraction of sp³-hybridized carbons (Fsp3) is 0.240. The lowest BCUT2D eigenvalue weighted by atomic mass is 10.0. The summed E-state index contributed by atoms with van der Waals surface area (Å²) in [7, 11) is 0. The van der Waals surface area contributed by atoms with E-state index < -0.39 is 6.09 Å². The molecule has 1 aliphatic carbocycles. The van der Waals surface area contributed by atoms with Crippen LogP contribution in [0.4, 0.5) is 4.79 Å². The average molecular weight is 415 g/mol. The fourth-order valence-corrected chi connectivity index (χ4v) is 3.69. The summed E-state index contributed by atoms with van der Waals surface area (Å²) >= 11 is 0. The predicted molar refractivity (Wildman–Crippen MR) is 117 cm³/mol. The second-order valence-electron chi connectivity index (χ2n) is 7.64. The molecule has 0 aliphatic heterocycles. The van der Waals surface area contributed by atoms with Gasteiger partial charge in [-0.3, -0.25) is 9.78 Å². The zero-order chi connectivity index (χ0) is 21.5. The Hall–Kier alpha value is -3.67. The van der Waals surface area contributed by atoms with Crippen LogP contribution in [0.1, 0.15) is 29.3 Å². The van der Waals surface area contributed by atoms with Crippen LogP contribution in [0, 0.1) is 11.8 Å². The van der Waals surface area contributed by atoms with Crippen LogP contribution in [-0.4, -0.2) is 17.0 Å². The number of nitrogens with zero attached hydrogens (tertiary/aromatic N) is 1. The molecular weight excluding hydrogens is 390 g/mol. The van der Waals surface area contributed by atoms with Crippen molar-refractivity contribution in [2.24, 2.45) is 11.8 Å². The largest absolute Gasteiger partial charge is 0.445 e. The summed E-state index contributed by atoms with van der Waals surface area (Å²) in [5.74, 6) is -0.144. The Bertz CT molecular complexity index is 996. The molecule has 3 aromatic rings. The van der Waals surface area contributed by atoms with Crippen LogP contribution in [0.2, 0.25) is 0 Å². The molecule has 1 fully saturated rings. The summed E-state index contributed by atoms with van der Waals surface area (Å²) in [6.45, 7) is 0.596. The van der Waals surface area contributed by atoms with E-state index in [0.717, 1.165) is 16.8 Å². The monoisotopic (exact) mass is 415 g/mol. The Morgan fingerprint density at radius 1 is 0.968 bits per heavy atom. The number of hydrogen-bond donors (Lipinski definition) is 2. The minimum atomic E-state index is -0.489. The van der Waals surface area contributed by atoms with E-state index in [2.05, 4.69) is 15.6 Å². The second kappa shape index (κ2) is 9.89. The van der Waals surface area contributed by atoms with E-state index in [9.17, 15) is 9.59 Å². The summed E-state index contributed by atoms with van der Waals surface area (Å²) in [6.07, 6.45) is 1.93. The number of ether oxygens (including phenoxy) is 1. The molecule has 31 heavy (non-hydrogen) atoms. The molecule has 0 bridgehead atoms. The van der Waals surface area contributed by atoms with E-state index in [4.69, 9.17) is 4.74 Å². The van der Waals surface area contributed by atoms with Crippen LogP contribution in [0.25, 0.3) is 0 Å². The fourth-order valence-electron chi connectivity index (χ4n) is 3.69. The van der Waals surface area contributed by atoms with E-state index in [0.29, 0.717) is 13.0 Å². The highest BCUT2D eigenvalue weighted by Gasteiger charge is 2.48. The van der Waals surface area contributed by atoms with Crippen molar-refractivity contribution in [3.63, 3.8) is 0 Å². The van der Waals surface area contributed by atoms with Crippen LogP contribution in [0.15, 0.2) is 85.1 Å². The molecule has 2 aromatic carbocycles. The van der Waals surface area contributed by atoms with Gasteiger partial charge in [0.1, 0.15) is 6.61 Å². The molecule has 1 saturated carbocycles. The maximum atomic E-state index is 12.6. The van der Waals surface area contributed by atoms with Crippen molar-refractivity contribution in [2.75, 3.05) is 0 Å². The average Bonchev–Trinajstić information content (AvgIpc) is 3.62. The summed E-state index contributed by atoms with van der Waals surface area (Å²) in [5, 5.41) is 5.92. The summed E-state index contributed by atoms with van der Waals surface area (Å²) in [6, 6.07) is 24.6. The molecule has 6 nitrogen and oxygen atoms in total.